The molecule has 2 aromatic rings. The molecule has 1 heterocycles. The van der Waals surface area contributed by atoms with Gasteiger partial charge in [-0.3, -0.25) is 0 Å². The van der Waals surface area contributed by atoms with E-state index in [0.717, 1.165) is 6.42 Å². The monoisotopic (exact) mass is 251 g/mol. The minimum atomic E-state index is 0.426. The van der Waals surface area contributed by atoms with Gasteiger partial charge in [0.05, 0.1) is 6.04 Å². The van der Waals surface area contributed by atoms with Crippen LogP contribution in [0, 0.1) is 27.7 Å². The summed E-state index contributed by atoms with van der Waals surface area (Å²) < 4.78 is 0. The SMILES string of the molecule is Cc1ccc(C2Cc3ccc(C)c(C)c3N2)cc1C. The van der Waals surface area contributed by atoms with E-state index in [1.54, 1.807) is 0 Å². The fourth-order valence-corrected chi connectivity index (χ4v) is 2.87. The first kappa shape index (κ1) is 12.3. The van der Waals surface area contributed by atoms with E-state index >= 15 is 0 Å². The molecule has 0 spiro atoms. The second-order valence-electron chi connectivity index (χ2n) is 5.79. The topological polar surface area (TPSA) is 12.0 Å². The molecule has 1 N–H and O–H groups in total. The average Bonchev–Trinajstić information content (AvgIpc) is 2.82. The molecule has 1 heteroatoms. The Bertz CT molecular complexity index is 640. The van der Waals surface area contributed by atoms with Crippen molar-refractivity contribution < 1.29 is 0 Å². The number of nitrogens with one attached hydrogen (secondary N) is 1. The molecule has 1 aliphatic rings. The van der Waals surface area contributed by atoms with Crippen molar-refractivity contribution in [3.63, 3.8) is 0 Å². The molecule has 98 valence electrons. The van der Waals surface area contributed by atoms with Crippen LogP contribution < -0.4 is 5.32 Å². The summed E-state index contributed by atoms with van der Waals surface area (Å²) in [6.07, 6.45) is 1.10. The van der Waals surface area contributed by atoms with Crippen molar-refractivity contribution in [2.45, 2.75) is 40.2 Å². The van der Waals surface area contributed by atoms with Crippen LogP contribution in [0.4, 0.5) is 5.69 Å². The van der Waals surface area contributed by atoms with E-state index in [-0.39, 0.29) is 0 Å². The zero-order valence-electron chi connectivity index (χ0n) is 12.2. The van der Waals surface area contributed by atoms with E-state index in [1.807, 2.05) is 0 Å². The molecule has 1 nitrogen and oxygen atoms in total. The van der Waals surface area contributed by atoms with Crippen LogP contribution in [0.2, 0.25) is 0 Å². The summed E-state index contributed by atoms with van der Waals surface area (Å²) in [5.41, 5.74) is 9.70. The lowest BCUT2D eigenvalue weighted by Crippen LogP contribution is -2.06. The summed E-state index contributed by atoms with van der Waals surface area (Å²) in [6, 6.07) is 11.7. The number of rotatable bonds is 1. The van der Waals surface area contributed by atoms with Crippen LogP contribution in [0.1, 0.15) is 39.4 Å². The molecule has 2 aromatic carbocycles. The standard InChI is InChI=1S/C18H21N/c1-11-5-7-15(9-13(11)3)17-10-16-8-6-12(2)14(4)18(16)19-17/h5-9,17,19H,10H2,1-4H3. The summed E-state index contributed by atoms with van der Waals surface area (Å²) in [5, 5.41) is 3.71. The number of hydrogen-bond acceptors (Lipinski definition) is 1. The number of benzene rings is 2. The van der Waals surface area contributed by atoms with Gasteiger partial charge in [0.1, 0.15) is 0 Å². The predicted molar refractivity (Wildman–Crippen MR) is 81.9 cm³/mol. The maximum absolute atomic E-state index is 3.71. The summed E-state index contributed by atoms with van der Waals surface area (Å²) in [5.74, 6) is 0. The molecule has 1 atom stereocenters. The van der Waals surface area contributed by atoms with E-state index in [0.29, 0.717) is 6.04 Å². The lowest BCUT2D eigenvalue weighted by molar-refractivity contribution is 0.822. The Balaban J connectivity index is 1.95. The minimum absolute atomic E-state index is 0.426. The van der Waals surface area contributed by atoms with Gasteiger partial charge in [-0.25, -0.2) is 0 Å². The van der Waals surface area contributed by atoms with Gasteiger partial charge in [0.2, 0.25) is 0 Å². The number of anilines is 1. The quantitative estimate of drug-likeness (QED) is 0.779. The van der Waals surface area contributed by atoms with E-state index < -0.39 is 0 Å². The molecule has 0 bridgehead atoms. The average molecular weight is 251 g/mol. The highest BCUT2D eigenvalue weighted by molar-refractivity contribution is 5.65. The maximum atomic E-state index is 3.71. The Morgan fingerprint density at radius 1 is 0.895 bits per heavy atom. The number of aryl methyl sites for hydroxylation is 3. The molecule has 0 saturated carbocycles. The van der Waals surface area contributed by atoms with Crippen LogP contribution >= 0.6 is 0 Å². The second-order valence-corrected chi connectivity index (χ2v) is 5.79. The molecule has 3 rings (SSSR count). The Morgan fingerprint density at radius 3 is 2.37 bits per heavy atom. The molecule has 0 fully saturated rings. The first-order valence-electron chi connectivity index (χ1n) is 6.99. The largest absolute Gasteiger partial charge is 0.377 e. The van der Waals surface area contributed by atoms with Crippen LogP contribution in [-0.4, -0.2) is 0 Å². The molecule has 0 saturated heterocycles. The van der Waals surface area contributed by atoms with Crippen molar-refractivity contribution in [2.75, 3.05) is 5.32 Å². The van der Waals surface area contributed by atoms with Crippen molar-refractivity contribution in [3.8, 4) is 0 Å². The van der Waals surface area contributed by atoms with Gasteiger partial charge in [-0.2, -0.15) is 0 Å². The third-order valence-corrected chi connectivity index (χ3v) is 4.50. The third-order valence-electron chi connectivity index (χ3n) is 4.50. The van der Waals surface area contributed by atoms with Gasteiger partial charge < -0.3 is 5.32 Å². The minimum Gasteiger partial charge on any atom is -0.377 e. The predicted octanol–water partition coefficient (Wildman–Crippen LogP) is 4.63. The normalized spacial score (nSPS) is 17.2. The molecule has 0 aliphatic carbocycles. The van der Waals surface area contributed by atoms with Crippen molar-refractivity contribution in [2.24, 2.45) is 0 Å². The van der Waals surface area contributed by atoms with Crippen LogP contribution in [0.25, 0.3) is 0 Å². The van der Waals surface area contributed by atoms with Crippen LogP contribution in [-0.2, 0) is 6.42 Å². The van der Waals surface area contributed by atoms with E-state index in [1.165, 1.54) is 39.1 Å². The van der Waals surface area contributed by atoms with Crippen molar-refractivity contribution in [3.05, 3.63) is 63.7 Å². The van der Waals surface area contributed by atoms with Gasteiger partial charge in [0, 0.05) is 5.69 Å². The molecular formula is C18H21N. The number of hydrogen-bond donors (Lipinski definition) is 1. The molecule has 0 aromatic heterocycles. The highest BCUT2D eigenvalue weighted by Crippen LogP contribution is 2.37. The highest BCUT2D eigenvalue weighted by Gasteiger charge is 2.23. The van der Waals surface area contributed by atoms with Gasteiger partial charge in [0.15, 0.2) is 0 Å². The van der Waals surface area contributed by atoms with Gasteiger partial charge in [-0.05, 0) is 67.5 Å². The molecule has 0 amide bonds. The van der Waals surface area contributed by atoms with E-state index in [4.69, 9.17) is 0 Å². The Kier molecular flexibility index (Phi) is 2.85. The van der Waals surface area contributed by atoms with Gasteiger partial charge in [-0.15, -0.1) is 0 Å². The van der Waals surface area contributed by atoms with Crippen molar-refractivity contribution in [1.29, 1.82) is 0 Å². The van der Waals surface area contributed by atoms with Gasteiger partial charge in [-0.1, -0.05) is 30.3 Å². The van der Waals surface area contributed by atoms with Crippen molar-refractivity contribution >= 4 is 5.69 Å². The Hall–Kier alpha value is -1.76. The van der Waals surface area contributed by atoms with E-state index in [2.05, 4.69) is 63.3 Å². The highest BCUT2D eigenvalue weighted by atomic mass is 15.0. The number of fused-ring (bicyclic) bond motifs is 1. The lowest BCUT2D eigenvalue weighted by atomic mass is 9.98. The van der Waals surface area contributed by atoms with Crippen LogP contribution in [0.15, 0.2) is 30.3 Å². The summed E-state index contributed by atoms with van der Waals surface area (Å²) >= 11 is 0. The van der Waals surface area contributed by atoms with Gasteiger partial charge in [0.25, 0.3) is 0 Å². The zero-order chi connectivity index (χ0) is 13.6. The maximum Gasteiger partial charge on any atom is 0.0555 e. The molecule has 0 radical (unpaired) electrons. The first-order valence-corrected chi connectivity index (χ1v) is 6.99. The van der Waals surface area contributed by atoms with Crippen LogP contribution in [0.5, 0.6) is 0 Å². The Labute approximate surface area is 115 Å². The third kappa shape index (κ3) is 2.03. The Morgan fingerprint density at radius 2 is 1.63 bits per heavy atom. The first-order chi connectivity index (χ1) is 9.06. The fourth-order valence-electron chi connectivity index (χ4n) is 2.87. The van der Waals surface area contributed by atoms with E-state index in [9.17, 15) is 0 Å². The second kappa shape index (κ2) is 4.41. The smallest absolute Gasteiger partial charge is 0.0555 e. The lowest BCUT2D eigenvalue weighted by Gasteiger charge is -2.14. The van der Waals surface area contributed by atoms with Gasteiger partial charge >= 0.3 is 0 Å². The van der Waals surface area contributed by atoms with Crippen molar-refractivity contribution in [1.82, 2.24) is 0 Å². The summed E-state index contributed by atoms with van der Waals surface area (Å²) in [4.78, 5) is 0. The fraction of sp³-hybridized carbons (Fsp3) is 0.333. The van der Waals surface area contributed by atoms with Crippen LogP contribution in [0.3, 0.4) is 0 Å². The summed E-state index contributed by atoms with van der Waals surface area (Å²) in [7, 11) is 0. The molecule has 1 aliphatic heterocycles. The molecule has 1 unspecified atom stereocenters. The molecular weight excluding hydrogens is 230 g/mol. The zero-order valence-corrected chi connectivity index (χ0v) is 12.2. The summed E-state index contributed by atoms with van der Waals surface area (Å²) in [6.45, 7) is 8.75. The molecule has 19 heavy (non-hydrogen) atoms.